The van der Waals surface area contributed by atoms with Gasteiger partial charge in [-0.15, -0.1) is 0 Å². The topological polar surface area (TPSA) is 80.8 Å². The molecule has 6 nitrogen and oxygen atoms in total. The summed E-state index contributed by atoms with van der Waals surface area (Å²) in [7, 11) is -3.11. The molecule has 2 aromatic rings. The monoisotopic (exact) mass is 403 g/mol. The standard InChI is InChI=1S/C21H25NO5S/c1-15(2)12-22(17-10-11-28(25,26)14-17)20(23)13-27-21(24)19-9-5-7-16-6-3-4-8-18(16)19/h3-9,15,17H,10-14H2,1-2H3. The van der Waals surface area contributed by atoms with E-state index in [2.05, 4.69) is 0 Å². The van der Waals surface area contributed by atoms with Crippen molar-refractivity contribution < 1.29 is 22.7 Å². The summed E-state index contributed by atoms with van der Waals surface area (Å²) in [6.07, 6.45) is 0.429. The lowest BCUT2D eigenvalue weighted by molar-refractivity contribution is -0.137. The number of fused-ring (bicyclic) bond motifs is 1. The van der Waals surface area contributed by atoms with Crippen molar-refractivity contribution >= 4 is 32.5 Å². The summed E-state index contributed by atoms with van der Waals surface area (Å²) in [6, 6.07) is 12.5. The maximum Gasteiger partial charge on any atom is 0.339 e. The van der Waals surface area contributed by atoms with Gasteiger partial charge in [-0.3, -0.25) is 4.79 Å². The maximum absolute atomic E-state index is 12.7. The summed E-state index contributed by atoms with van der Waals surface area (Å²) in [6.45, 7) is 3.97. The quantitative estimate of drug-likeness (QED) is 0.693. The summed E-state index contributed by atoms with van der Waals surface area (Å²) < 4.78 is 28.9. The van der Waals surface area contributed by atoms with Crippen molar-refractivity contribution in [3.05, 3.63) is 48.0 Å². The van der Waals surface area contributed by atoms with Crippen LogP contribution in [-0.4, -0.2) is 55.9 Å². The number of carbonyl (C=O) groups is 2. The smallest absolute Gasteiger partial charge is 0.339 e. The number of nitrogens with zero attached hydrogens (tertiary/aromatic N) is 1. The third-order valence-corrected chi connectivity index (χ3v) is 6.62. The maximum atomic E-state index is 12.7. The molecule has 1 saturated heterocycles. The van der Waals surface area contributed by atoms with E-state index in [0.717, 1.165) is 10.8 Å². The van der Waals surface area contributed by atoms with Gasteiger partial charge < -0.3 is 9.64 Å². The Morgan fingerprint density at radius 2 is 1.86 bits per heavy atom. The molecule has 150 valence electrons. The lowest BCUT2D eigenvalue weighted by Crippen LogP contribution is -2.45. The summed E-state index contributed by atoms with van der Waals surface area (Å²) in [5.74, 6) is -0.669. The highest BCUT2D eigenvalue weighted by molar-refractivity contribution is 7.91. The van der Waals surface area contributed by atoms with Gasteiger partial charge in [0, 0.05) is 12.6 Å². The molecule has 2 aromatic carbocycles. The SMILES string of the molecule is CC(C)CN(C(=O)COC(=O)c1cccc2ccccc12)C1CCS(=O)(=O)C1. The fraction of sp³-hybridized carbons (Fsp3) is 0.429. The van der Waals surface area contributed by atoms with Crippen LogP contribution in [0.5, 0.6) is 0 Å². The Hall–Kier alpha value is -2.41. The molecule has 28 heavy (non-hydrogen) atoms. The Kier molecular flexibility index (Phi) is 6.03. The van der Waals surface area contributed by atoms with Crippen LogP contribution in [0.3, 0.4) is 0 Å². The first kappa shape index (κ1) is 20.3. The van der Waals surface area contributed by atoms with Crippen LogP contribution in [0.25, 0.3) is 10.8 Å². The van der Waals surface area contributed by atoms with Crippen LogP contribution in [0.1, 0.15) is 30.6 Å². The van der Waals surface area contributed by atoms with E-state index < -0.39 is 22.4 Å². The number of esters is 1. The van der Waals surface area contributed by atoms with E-state index in [-0.39, 0.29) is 29.4 Å². The molecule has 1 atom stereocenters. The van der Waals surface area contributed by atoms with E-state index in [1.54, 1.807) is 17.0 Å². The van der Waals surface area contributed by atoms with Gasteiger partial charge in [-0.1, -0.05) is 50.2 Å². The number of amides is 1. The van der Waals surface area contributed by atoms with E-state index in [9.17, 15) is 18.0 Å². The van der Waals surface area contributed by atoms with Crippen LogP contribution < -0.4 is 0 Å². The molecule has 0 spiro atoms. The summed E-state index contributed by atoms with van der Waals surface area (Å²) in [4.78, 5) is 26.8. The number of hydrogen-bond acceptors (Lipinski definition) is 5. The van der Waals surface area contributed by atoms with Crippen molar-refractivity contribution in [2.24, 2.45) is 5.92 Å². The second-order valence-corrected chi connectivity index (χ2v) is 9.83. The molecule has 0 N–H and O–H groups in total. The molecular formula is C21H25NO5S. The molecule has 7 heteroatoms. The lowest BCUT2D eigenvalue weighted by atomic mass is 10.1. The van der Waals surface area contributed by atoms with Crippen molar-refractivity contribution in [1.82, 2.24) is 4.90 Å². The lowest BCUT2D eigenvalue weighted by Gasteiger charge is -2.29. The molecule has 0 saturated carbocycles. The highest BCUT2D eigenvalue weighted by Crippen LogP contribution is 2.21. The zero-order chi connectivity index (χ0) is 20.3. The van der Waals surface area contributed by atoms with Crippen LogP contribution in [-0.2, 0) is 19.4 Å². The van der Waals surface area contributed by atoms with Gasteiger partial charge in [0.1, 0.15) is 0 Å². The van der Waals surface area contributed by atoms with Gasteiger partial charge in [0.25, 0.3) is 5.91 Å². The van der Waals surface area contributed by atoms with Gasteiger partial charge in [-0.25, -0.2) is 13.2 Å². The number of hydrogen-bond donors (Lipinski definition) is 0. The van der Waals surface area contributed by atoms with Crippen LogP contribution in [0.4, 0.5) is 0 Å². The molecule has 0 bridgehead atoms. The Bertz CT molecular complexity index is 978. The fourth-order valence-corrected chi connectivity index (χ4v) is 5.29. The zero-order valence-electron chi connectivity index (χ0n) is 16.1. The Labute approximate surface area is 165 Å². The first-order valence-corrected chi connectivity index (χ1v) is 11.2. The third kappa shape index (κ3) is 4.70. The highest BCUT2D eigenvalue weighted by atomic mass is 32.2. The molecule has 1 amide bonds. The van der Waals surface area contributed by atoms with Gasteiger partial charge in [-0.05, 0) is 29.2 Å². The molecule has 3 rings (SSSR count). The zero-order valence-corrected chi connectivity index (χ0v) is 16.9. The molecule has 1 aliphatic heterocycles. The van der Waals surface area contributed by atoms with Gasteiger partial charge in [0.2, 0.25) is 0 Å². The van der Waals surface area contributed by atoms with E-state index in [1.165, 1.54) is 0 Å². The number of benzene rings is 2. The predicted molar refractivity (Wildman–Crippen MR) is 108 cm³/mol. The predicted octanol–water partition coefficient (Wildman–Crippen LogP) is 2.67. The second-order valence-electron chi connectivity index (χ2n) is 7.60. The number of sulfone groups is 1. The number of ether oxygens (including phenoxy) is 1. The van der Waals surface area contributed by atoms with Crippen molar-refractivity contribution in [2.75, 3.05) is 24.7 Å². The number of rotatable bonds is 6. The summed E-state index contributed by atoms with van der Waals surface area (Å²) in [5, 5.41) is 1.68. The van der Waals surface area contributed by atoms with E-state index in [4.69, 9.17) is 4.74 Å². The van der Waals surface area contributed by atoms with E-state index in [1.807, 2.05) is 44.2 Å². The van der Waals surface area contributed by atoms with Crippen molar-refractivity contribution in [3.63, 3.8) is 0 Å². The van der Waals surface area contributed by atoms with Crippen molar-refractivity contribution in [1.29, 1.82) is 0 Å². The number of carbonyl (C=O) groups excluding carboxylic acids is 2. The molecule has 1 aliphatic rings. The van der Waals surface area contributed by atoms with Crippen molar-refractivity contribution in [3.8, 4) is 0 Å². The van der Waals surface area contributed by atoms with E-state index in [0.29, 0.717) is 18.5 Å². The molecular weight excluding hydrogens is 378 g/mol. The normalized spacial score (nSPS) is 18.3. The Morgan fingerprint density at radius 3 is 2.54 bits per heavy atom. The van der Waals surface area contributed by atoms with Gasteiger partial charge >= 0.3 is 5.97 Å². The highest BCUT2D eigenvalue weighted by Gasteiger charge is 2.35. The average molecular weight is 404 g/mol. The molecule has 0 radical (unpaired) electrons. The molecule has 0 aliphatic carbocycles. The first-order chi connectivity index (χ1) is 13.3. The van der Waals surface area contributed by atoms with Gasteiger partial charge in [-0.2, -0.15) is 0 Å². The summed E-state index contributed by atoms with van der Waals surface area (Å²) >= 11 is 0. The molecule has 1 fully saturated rings. The van der Waals surface area contributed by atoms with Gasteiger partial charge in [0.15, 0.2) is 16.4 Å². The second kappa shape index (κ2) is 8.31. The van der Waals surface area contributed by atoms with E-state index >= 15 is 0 Å². The van der Waals surface area contributed by atoms with Crippen LogP contribution >= 0.6 is 0 Å². The average Bonchev–Trinajstić information content (AvgIpc) is 3.02. The molecule has 0 aromatic heterocycles. The minimum absolute atomic E-state index is 0.0251. The Balaban J connectivity index is 1.70. The van der Waals surface area contributed by atoms with Crippen molar-refractivity contribution in [2.45, 2.75) is 26.3 Å². The first-order valence-electron chi connectivity index (χ1n) is 9.41. The minimum Gasteiger partial charge on any atom is -0.452 e. The molecule has 1 unspecified atom stereocenters. The van der Waals surface area contributed by atoms with Gasteiger partial charge in [0.05, 0.1) is 17.1 Å². The fourth-order valence-electron chi connectivity index (χ4n) is 3.56. The Morgan fingerprint density at radius 1 is 1.14 bits per heavy atom. The summed E-state index contributed by atoms with van der Waals surface area (Å²) in [5.41, 5.74) is 0.407. The molecule has 1 heterocycles. The minimum atomic E-state index is -3.11. The van der Waals surface area contributed by atoms with Crippen LogP contribution in [0, 0.1) is 5.92 Å². The van der Waals surface area contributed by atoms with Crippen LogP contribution in [0.15, 0.2) is 42.5 Å². The largest absolute Gasteiger partial charge is 0.452 e. The van der Waals surface area contributed by atoms with Crippen LogP contribution in [0.2, 0.25) is 0 Å². The third-order valence-electron chi connectivity index (χ3n) is 4.87.